The van der Waals surface area contributed by atoms with Gasteiger partial charge in [0, 0.05) is 37.2 Å². The van der Waals surface area contributed by atoms with Crippen LogP contribution in [0, 0.1) is 19.3 Å². The van der Waals surface area contributed by atoms with Crippen LogP contribution in [0.1, 0.15) is 42.0 Å². The number of halogens is 1. The third-order valence-electron chi connectivity index (χ3n) is 3.56. The number of rotatable bonds is 7. The van der Waals surface area contributed by atoms with Crippen molar-refractivity contribution in [3.8, 4) is 0 Å². The van der Waals surface area contributed by atoms with Gasteiger partial charge in [-0.15, -0.1) is 11.6 Å². The zero-order valence-electron chi connectivity index (χ0n) is 12.5. The molecule has 1 rings (SSSR count). The predicted octanol–water partition coefficient (Wildman–Crippen LogP) is 3.59. The van der Waals surface area contributed by atoms with Gasteiger partial charge >= 0.3 is 0 Å². The number of Topliss-reactive ketones (excluding diaryl/α,β-unsaturated/α-hetero) is 1. The van der Waals surface area contributed by atoms with Crippen LogP contribution in [0.25, 0.3) is 0 Å². The van der Waals surface area contributed by atoms with Crippen molar-refractivity contribution in [3.63, 3.8) is 0 Å². The van der Waals surface area contributed by atoms with Gasteiger partial charge in [-0.1, -0.05) is 13.8 Å². The van der Waals surface area contributed by atoms with Crippen LogP contribution in [-0.4, -0.2) is 29.9 Å². The summed E-state index contributed by atoms with van der Waals surface area (Å²) in [4.78, 5) is 11.8. The van der Waals surface area contributed by atoms with Crippen LogP contribution in [0.3, 0.4) is 0 Å². The molecule has 0 bridgehead atoms. The second-order valence-electron chi connectivity index (χ2n) is 5.83. The van der Waals surface area contributed by atoms with Crippen molar-refractivity contribution in [1.29, 1.82) is 0 Å². The Hall–Kier alpha value is -0.800. The minimum atomic E-state index is -0.00397. The molecule has 0 fully saturated rings. The number of hydrogen-bond acceptors (Lipinski definition) is 2. The van der Waals surface area contributed by atoms with E-state index in [4.69, 9.17) is 16.3 Å². The first-order chi connectivity index (χ1) is 8.82. The highest BCUT2D eigenvalue weighted by Crippen LogP contribution is 2.26. The van der Waals surface area contributed by atoms with Gasteiger partial charge in [0.25, 0.3) is 0 Å². The van der Waals surface area contributed by atoms with Crippen molar-refractivity contribution in [3.05, 3.63) is 23.0 Å². The van der Waals surface area contributed by atoms with Crippen LogP contribution in [0.2, 0.25) is 0 Å². The lowest BCUT2D eigenvalue weighted by Crippen LogP contribution is -2.23. The lowest BCUT2D eigenvalue weighted by molar-refractivity contribution is 0.101. The summed E-state index contributed by atoms with van der Waals surface area (Å²) in [6, 6.07) is 1.94. The summed E-state index contributed by atoms with van der Waals surface area (Å²) in [6.07, 6.45) is 0.985. The molecule has 0 spiro atoms. The highest BCUT2D eigenvalue weighted by molar-refractivity contribution is 6.30. The third-order valence-corrected chi connectivity index (χ3v) is 3.81. The Labute approximate surface area is 120 Å². The molecule has 0 saturated heterocycles. The Balaban J connectivity index is 2.96. The van der Waals surface area contributed by atoms with Crippen molar-refractivity contribution in [2.45, 2.75) is 40.7 Å². The number of carbonyl (C=O) groups excluding carboxylic acids is 1. The summed E-state index contributed by atoms with van der Waals surface area (Å²) >= 11 is 5.65. The van der Waals surface area contributed by atoms with Gasteiger partial charge in [-0.3, -0.25) is 4.79 Å². The summed E-state index contributed by atoms with van der Waals surface area (Å²) in [5, 5.41) is 0. The molecular weight excluding hydrogens is 262 g/mol. The first kappa shape index (κ1) is 16.3. The van der Waals surface area contributed by atoms with E-state index < -0.39 is 0 Å². The van der Waals surface area contributed by atoms with E-state index in [1.165, 1.54) is 0 Å². The molecule has 0 aromatic carbocycles. The fourth-order valence-electron chi connectivity index (χ4n) is 2.28. The van der Waals surface area contributed by atoms with Crippen molar-refractivity contribution in [2.24, 2.45) is 5.41 Å². The Morgan fingerprint density at radius 1 is 1.42 bits per heavy atom. The standard InChI is InChI=1S/C15H24ClNO2/c1-11-8-13(14(18)9-16)12(2)17(11)10-15(3,4)6-7-19-5/h8H,6-7,9-10H2,1-5H3. The van der Waals surface area contributed by atoms with Gasteiger partial charge in [-0.25, -0.2) is 0 Å². The van der Waals surface area contributed by atoms with Crippen LogP contribution in [0.5, 0.6) is 0 Å². The van der Waals surface area contributed by atoms with E-state index in [0.29, 0.717) is 0 Å². The minimum Gasteiger partial charge on any atom is -0.385 e. The zero-order valence-corrected chi connectivity index (χ0v) is 13.3. The van der Waals surface area contributed by atoms with Crippen molar-refractivity contribution in [2.75, 3.05) is 19.6 Å². The molecule has 1 aromatic heterocycles. The molecule has 4 heteroatoms. The van der Waals surface area contributed by atoms with E-state index >= 15 is 0 Å². The van der Waals surface area contributed by atoms with E-state index in [9.17, 15) is 4.79 Å². The minimum absolute atomic E-state index is 0.00397. The number of ketones is 1. The van der Waals surface area contributed by atoms with Crippen LogP contribution >= 0.6 is 11.6 Å². The molecule has 0 aliphatic heterocycles. The molecule has 0 amide bonds. The quantitative estimate of drug-likeness (QED) is 0.566. The maximum atomic E-state index is 11.8. The molecule has 0 saturated carbocycles. The SMILES string of the molecule is COCCC(C)(C)Cn1c(C)cc(C(=O)CCl)c1C. The Morgan fingerprint density at radius 3 is 2.58 bits per heavy atom. The molecule has 3 nitrogen and oxygen atoms in total. The number of carbonyl (C=O) groups is 1. The monoisotopic (exact) mass is 285 g/mol. The second kappa shape index (κ2) is 6.58. The molecule has 0 aliphatic rings. The van der Waals surface area contributed by atoms with Crippen molar-refractivity contribution >= 4 is 17.4 Å². The summed E-state index contributed by atoms with van der Waals surface area (Å²) in [5.41, 5.74) is 2.99. The van der Waals surface area contributed by atoms with E-state index in [-0.39, 0.29) is 17.1 Å². The fourth-order valence-corrected chi connectivity index (χ4v) is 2.43. The van der Waals surface area contributed by atoms with E-state index in [1.54, 1.807) is 7.11 Å². The first-order valence-electron chi connectivity index (χ1n) is 6.57. The summed E-state index contributed by atoms with van der Waals surface area (Å²) < 4.78 is 7.36. The molecule has 108 valence electrons. The van der Waals surface area contributed by atoms with Gasteiger partial charge in [0.2, 0.25) is 0 Å². The molecule has 19 heavy (non-hydrogen) atoms. The third kappa shape index (κ3) is 4.08. The van der Waals surface area contributed by atoms with Gasteiger partial charge in [0.15, 0.2) is 5.78 Å². The molecule has 1 heterocycles. The maximum Gasteiger partial charge on any atom is 0.179 e. The van der Waals surface area contributed by atoms with Gasteiger partial charge in [-0.2, -0.15) is 0 Å². The average Bonchev–Trinajstić information content (AvgIpc) is 2.63. The summed E-state index contributed by atoms with van der Waals surface area (Å²) in [7, 11) is 1.72. The summed E-state index contributed by atoms with van der Waals surface area (Å²) in [6.45, 7) is 10.1. The number of ether oxygens (including phenoxy) is 1. The smallest absolute Gasteiger partial charge is 0.179 e. The number of aryl methyl sites for hydroxylation is 1. The number of aromatic nitrogens is 1. The summed E-state index contributed by atoms with van der Waals surface area (Å²) in [5.74, 6) is 0.0351. The normalized spacial score (nSPS) is 11.9. The van der Waals surface area contributed by atoms with Crippen LogP contribution in [0.4, 0.5) is 0 Å². The second-order valence-corrected chi connectivity index (χ2v) is 6.10. The Bertz CT molecular complexity index is 449. The first-order valence-corrected chi connectivity index (χ1v) is 7.10. The zero-order chi connectivity index (χ0) is 14.6. The number of methoxy groups -OCH3 is 1. The Kier molecular flexibility index (Phi) is 5.63. The average molecular weight is 286 g/mol. The number of hydrogen-bond donors (Lipinski definition) is 0. The molecule has 0 unspecified atom stereocenters. The van der Waals surface area contributed by atoms with Crippen molar-refractivity contribution in [1.82, 2.24) is 4.57 Å². The van der Waals surface area contributed by atoms with Gasteiger partial charge < -0.3 is 9.30 Å². The lowest BCUT2D eigenvalue weighted by Gasteiger charge is -2.26. The van der Waals surface area contributed by atoms with Gasteiger partial charge in [0.05, 0.1) is 5.88 Å². The highest BCUT2D eigenvalue weighted by atomic mass is 35.5. The van der Waals surface area contributed by atoms with Crippen LogP contribution in [-0.2, 0) is 11.3 Å². The molecule has 0 N–H and O–H groups in total. The molecule has 0 aliphatic carbocycles. The number of alkyl halides is 1. The van der Waals surface area contributed by atoms with Gasteiger partial charge in [-0.05, 0) is 31.7 Å². The molecule has 1 aromatic rings. The number of nitrogens with zero attached hydrogens (tertiary/aromatic N) is 1. The van der Waals surface area contributed by atoms with E-state index in [2.05, 4.69) is 18.4 Å². The maximum absolute atomic E-state index is 11.8. The Morgan fingerprint density at radius 2 is 2.05 bits per heavy atom. The lowest BCUT2D eigenvalue weighted by atomic mass is 9.89. The largest absolute Gasteiger partial charge is 0.385 e. The topological polar surface area (TPSA) is 31.2 Å². The van der Waals surface area contributed by atoms with Crippen LogP contribution in [0.15, 0.2) is 6.07 Å². The van der Waals surface area contributed by atoms with Crippen LogP contribution < -0.4 is 0 Å². The highest BCUT2D eigenvalue weighted by Gasteiger charge is 2.22. The fraction of sp³-hybridized carbons (Fsp3) is 0.667. The molecule has 0 radical (unpaired) electrons. The van der Waals surface area contributed by atoms with E-state index in [1.807, 2.05) is 19.9 Å². The molecule has 0 atom stereocenters. The van der Waals surface area contributed by atoms with Gasteiger partial charge in [0.1, 0.15) is 0 Å². The molecular formula is C15H24ClNO2. The predicted molar refractivity (Wildman–Crippen MR) is 79.2 cm³/mol. The van der Waals surface area contributed by atoms with Crippen molar-refractivity contribution < 1.29 is 9.53 Å². The van der Waals surface area contributed by atoms with E-state index in [0.717, 1.165) is 36.5 Å².